The zero-order valence-electron chi connectivity index (χ0n) is 10.8. The fraction of sp³-hybridized carbons (Fsp3) is 0.429. The van der Waals surface area contributed by atoms with Crippen LogP contribution in [-0.2, 0) is 9.59 Å². The van der Waals surface area contributed by atoms with Gasteiger partial charge in [-0.25, -0.2) is 0 Å². The number of rotatable bonds is 6. The summed E-state index contributed by atoms with van der Waals surface area (Å²) in [5.74, 6) is -1.62. The molecule has 0 aliphatic heterocycles. The number of anilines is 1. The van der Waals surface area contributed by atoms with E-state index in [1.165, 1.54) is 0 Å². The van der Waals surface area contributed by atoms with Crippen LogP contribution in [0.15, 0.2) is 24.3 Å². The van der Waals surface area contributed by atoms with E-state index in [2.05, 4.69) is 5.32 Å². The van der Waals surface area contributed by atoms with Crippen LogP contribution in [0.25, 0.3) is 0 Å². The van der Waals surface area contributed by atoms with E-state index in [4.69, 9.17) is 5.11 Å². The number of carboxylic acid groups (broad SMARTS) is 1. The van der Waals surface area contributed by atoms with E-state index >= 15 is 0 Å². The summed E-state index contributed by atoms with van der Waals surface area (Å²) in [5.41, 5.74) is 1.82. The summed E-state index contributed by atoms with van der Waals surface area (Å²) in [7, 11) is 0. The minimum atomic E-state index is -0.937. The molecule has 0 aromatic heterocycles. The lowest BCUT2D eigenvalue weighted by atomic mass is 9.99. The maximum atomic E-state index is 11.9. The predicted octanol–water partition coefficient (Wildman–Crippen LogP) is 2.82. The van der Waals surface area contributed by atoms with Gasteiger partial charge in [0.2, 0.25) is 5.91 Å². The highest BCUT2D eigenvalue weighted by Crippen LogP contribution is 2.16. The highest BCUT2D eigenvalue weighted by molar-refractivity contribution is 5.94. The van der Waals surface area contributed by atoms with E-state index in [0.29, 0.717) is 12.1 Å². The SMILES string of the molecule is CCCC(CC(=O)O)C(=O)Nc1ccc(C)cc1. The lowest BCUT2D eigenvalue weighted by Crippen LogP contribution is -2.25. The quantitative estimate of drug-likeness (QED) is 0.814. The van der Waals surface area contributed by atoms with Crippen LogP contribution in [0.3, 0.4) is 0 Å². The van der Waals surface area contributed by atoms with Gasteiger partial charge in [0.05, 0.1) is 6.42 Å². The van der Waals surface area contributed by atoms with Gasteiger partial charge in [0, 0.05) is 11.6 Å². The monoisotopic (exact) mass is 249 g/mol. The molecule has 98 valence electrons. The molecule has 0 saturated heterocycles. The molecule has 1 amide bonds. The number of aryl methyl sites for hydroxylation is 1. The molecule has 4 nitrogen and oxygen atoms in total. The smallest absolute Gasteiger partial charge is 0.304 e. The van der Waals surface area contributed by atoms with Crippen LogP contribution in [0.1, 0.15) is 31.7 Å². The number of hydrogen-bond acceptors (Lipinski definition) is 2. The minimum Gasteiger partial charge on any atom is -0.481 e. The largest absolute Gasteiger partial charge is 0.481 e. The Morgan fingerprint density at radius 1 is 1.28 bits per heavy atom. The molecule has 0 aliphatic rings. The van der Waals surface area contributed by atoms with Crippen molar-refractivity contribution in [1.29, 1.82) is 0 Å². The first-order chi connectivity index (χ1) is 8.52. The number of carboxylic acids is 1. The van der Waals surface area contributed by atoms with Crippen LogP contribution in [0.4, 0.5) is 5.69 Å². The minimum absolute atomic E-state index is 0.120. The molecular formula is C14H19NO3. The van der Waals surface area contributed by atoms with E-state index in [1.54, 1.807) is 0 Å². The summed E-state index contributed by atoms with van der Waals surface area (Å²) < 4.78 is 0. The van der Waals surface area contributed by atoms with Crippen molar-refractivity contribution in [3.05, 3.63) is 29.8 Å². The number of aliphatic carboxylic acids is 1. The van der Waals surface area contributed by atoms with Gasteiger partial charge in [0.1, 0.15) is 0 Å². The second kappa shape index (κ2) is 6.79. The zero-order chi connectivity index (χ0) is 13.5. The van der Waals surface area contributed by atoms with Crippen LogP contribution < -0.4 is 5.32 Å². The third-order valence-corrected chi connectivity index (χ3v) is 2.75. The number of hydrogen-bond donors (Lipinski definition) is 2. The Labute approximate surface area is 107 Å². The molecule has 1 rings (SSSR count). The second-order valence-electron chi connectivity index (χ2n) is 4.44. The van der Waals surface area contributed by atoms with Gasteiger partial charge in [-0.05, 0) is 25.5 Å². The zero-order valence-corrected chi connectivity index (χ0v) is 10.8. The van der Waals surface area contributed by atoms with Crippen LogP contribution in [0.2, 0.25) is 0 Å². The van der Waals surface area contributed by atoms with E-state index in [0.717, 1.165) is 12.0 Å². The van der Waals surface area contributed by atoms with Crippen LogP contribution >= 0.6 is 0 Å². The fourth-order valence-electron chi connectivity index (χ4n) is 1.77. The summed E-state index contributed by atoms with van der Waals surface area (Å²) in [4.78, 5) is 22.7. The second-order valence-corrected chi connectivity index (χ2v) is 4.44. The maximum Gasteiger partial charge on any atom is 0.304 e. The number of carbonyl (C=O) groups excluding carboxylic acids is 1. The van der Waals surface area contributed by atoms with Gasteiger partial charge in [-0.3, -0.25) is 9.59 Å². The maximum absolute atomic E-state index is 11.9. The number of benzene rings is 1. The summed E-state index contributed by atoms with van der Waals surface area (Å²) in [6.45, 7) is 3.91. The molecule has 1 aromatic rings. The molecule has 1 unspecified atom stereocenters. The molecule has 0 radical (unpaired) electrons. The van der Waals surface area contributed by atoms with Crippen molar-refractivity contribution in [2.24, 2.45) is 5.92 Å². The van der Waals surface area contributed by atoms with E-state index in [-0.39, 0.29) is 12.3 Å². The Morgan fingerprint density at radius 2 is 1.89 bits per heavy atom. The first kappa shape index (κ1) is 14.2. The van der Waals surface area contributed by atoms with Crippen molar-refractivity contribution in [2.75, 3.05) is 5.32 Å². The van der Waals surface area contributed by atoms with E-state index in [9.17, 15) is 9.59 Å². The van der Waals surface area contributed by atoms with Gasteiger partial charge < -0.3 is 10.4 Å². The number of carbonyl (C=O) groups is 2. The van der Waals surface area contributed by atoms with E-state index < -0.39 is 11.9 Å². The number of nitrogens with one attached hydrogen (secondary N) is 1. The Bertz CT molecular complexity index is 412. The first-order valence-electron chi connectivity index (χ1n) is 6.12. The summed E-state index contributed by atoms with van der Waals surface area (Å²) >= 11 is 0. The van der Waals surface area contributed by atoms with Crippen LogP contribution in [0, 0.1) is 12.8 Å². The van der Waals surface area contributed by atoms with Crippen molar-refractivity contribution in [1.82, 2.24) is 0 Å². The van der Waals surface area contributed by atoms with E-state index in [1.807, 2.05) is 38.1 Å². The molecule has 0 heterocycles. The third kappa shape index (κ3) is 4.57. The van der Waals surface area contributed by atoms with Gasteiger partial charge in [0.15, 0.2) is 0 Å². The highest BCUT2D eigenvalue weighted by Gasteiger charge is 2.20. The van der Waals surface area contributed by atoms with Gasteiger partial charge >= 0.3 is 5.97 Å². The lowest BCUT2D eigenvalue weighted by molar-refractivity contribution is -0.140. The molecule has 0 aliphatic carbocycles. The normalized spacial score (nSPS) is 11.9. The average Bonchev–Trinajstić information content (AvgIpc) is 2.31. The molecule has 0 bridgehead atoms. The number of amides is 1. The molecule has 4 heteroatoms. The molecule has 1 aromatic carbocycles. The van der Waals surface area contributed by atoms with Crippen molar-refractivity contribution in [3.63, 3.8) is 0 Å². The third-order valence-electron chi connectivity index (χ3n) is 2.75. The Morgan fingerprint density at radius 3 is 2.39 bits per heavy atom. The van der Waals surface area contributed by atoms with Crippen molar-refractivity contribution in [3.8, 4) is 0 Å². The fourth-order valence-corrected chi connectivity index (χ4v) is 1.77. The Kier molecular flexibility index (Phi) is 5.36. The van der Waals surface area contributed by atoms with Crippen LogP contribution in [0.5, 0.6) is 0 Å². The summed E-state index contributed by atoms with van der Waals surface area (Å²) in [6, 6.07) is 7.44. The Balaban J connectivity index is 2.65. The van der Waals surface area contributed by atoms with Gasteiger partial charge in [0.25, 0.3) is 0 Å². The van der Waals surface area contributed by atoms with Crippen molar-refractivity contribution >= 4 is 17.6 Å². The van der Waals surface area contributed by atoms with Crippen molar-refractivity contribution < 1.29 is 14.7 Å². The molecule has 0 spiro atoms. The molecule has 2 N–H and O–H groups in total. The molecule has 1 atom stereocenters. The summed E-state index contributed by atoms with van der Waals surface area (Å²) in [6.07, 6.45) is 1.26. The molecular weight excluding hydrogens is 230 g/mol. The molecule has 0 fully saturated rings. The van der Waals surface area contributed by atoms with Gasteiger partial charge in [-0.2, -0.15) is 0 Å². The van der Waals surface area contributed by atoms with Gasteiger partial charge in [-0.1, -0.05) is 31.0 Å². The highest BCUT2D eigenvalue weighted by atomic mass is 16.4. The Hall–Kier alpha value is -1.84. The topological polar surface area (TPSA) is 66.4 Å². The lowest BCUT2D eigenvalue weighted by Gasteiger charge is -2.14. The standard InChI is InChI=1S/C14H19NO3/c1-3-4-11(9-13(16)17)14(18)15-12-7-5-10(2)6-8-12/h5-8,11H,3-4,9H2,1-2H3,(H,15,18)(H,16,17). The van der Waals surface area contributed by atoms with Gasteiger partial charge in [-0.15, -0.1) is 0 Å². The summed E-state index contributed by atoms with van der Waals surface area (Å²) in [5, 5.41) is 11.5. The first-order valence-corrected chi connectivity index (χ1v) is 6.12. The van der Waals surface area contributed by atoms with Crippen LogP contribution in [-0.4, -0.2) is 17.0 Å². The predicted molar refractivity (Wildman–Crippen MR) is 70.5 cm³/mol. The molecule has 18 heavy (non-hydrogen) atoms. The average molecular weight is 249 g/mol. The van der Waals surface area contributed by atoms with Crippen molar-refractivity contribution in [2.45, 2.75) is 33.1 Å². The molecule has 0 saturated carbocycles.